The van der Waals surface area contributed by atoms with Crippen molar-refractivity contribution < 1.29 is 23.1 Å². The zero-order valence-corrected chi connectivity index (χ0v) is 8.67. The van der Waals surface area contributed by atoms with Gasteiger partial charge in [-0.3, -0.25) is 0 Å². The highest BCUT2D eigenvalue weighted by Gasteiger charge is 2.28. The van der Waals surface area contributed by atoms with Crippen LogP contribution in [0.1, 0.15) is 49.1 Å². The van der Waals surface area contributed by atoms with E-state index < -0.39 is 29.1 Å². The first-order chi connectivity index (χ1) is 6.73. The van der Waals surface area contributed by atoms with E-state index in [0.717, 1.165) is 6.07 Å². The first-order valence-corrected chi connectivity index (χ1v) is 4.39. The summed E-state index contributed by atoms with van der Waals surface area (Å²) < 4.78 is 29.7. The number of halogens is 2. The molecule has 0 radical (unpaired) electrons. The molecule has 1 rings (SSSR count). The Morgan fingerprint density at radius 1 is 1.47 bits per heavy atom. The van der Waals surface area contributed by atoms with Gasteiger partial charge in [0.25, 0.3) is 6.43 Å². The Labute approximate surface area is 85.7 Å². The smallest absolute Gasteiger partial charge is 0.339 e. The van der Waals surface area contributed by atoms with Gasteiger partial charge in [-0.15, -0.1) is 0 Å². The number of carboxylic acid groups (broad SMARTS) is 1. The number of carboxylic acids is 1. The minimum absolute atomic E-state index is 0.246. The van der Waals surface area contributed by atoms with Crippen molar-refractivity contribution in [1.29, 1.82) is 0 Å². The summed E-state index contributed by atoms with van der Waals surface area (Å²) >= 11 is 0. The van der Waals surface area contributed by atoms with E-state index in [1.165, 1.54) is 0 Å². The van der Waals surface area contributed by atoms with E-state index >= 15 is 0 Å². The number of carbonyl (C=O) groups is 1. The Hall–Kier alpha value is -1.39. The molecule has 0 aliphatic carbocycles. The Kier molecular flexibility index (Phi) is 2.83. The van der Waals surface area contributed by atoms with Crippen LogP contribution in [0, 0.1) is 0 Å². The van der Waals surface area contributed by atoms with Gasteiger partial charge in [0.05, 0.1) is 0 Å². The molecule has 3 nitrogen and oxygen atoms in total. The van der Waals surface area contributed by atoms with Crippen LogP contribution >= 0.6 is 0 Å². The van der Waals surface area contributed by atoms with Gasteiger partial charge in [0.1, 0.15) is 11.3 Å². The lowest BCUT2D eigenvalue weighted by Gasteiger charge is -2.13. The summed E-state index contributed by atoms with van der Waals surface area (Å²) in [5, 5.41) is 8.70. The van der Waals surface area contributed by atoms with Crippen molar-refractivity contribution in [1.82, 2.24) is 0 Å². The van der Waals surface area contributed by atoms with Gasteiger partial charge in [0, 0.05) is 5.41 Å². The van der Waals surface area contributed by atoms with Crippen LogP contribution in [0.3, 0.4) is 0 Å². The number of furan rings is 1. The zero-order chi connectivity index (χ0) is 11.8. The van der Waals surface area contributed by atoms with Crippen LogP contribution in [0.15, 0.2) is 10.5 Å². The van der Waals surface area contributed by atoms with Crippen LogP contribution in [0.25, 0.3) is 0 Å². The van der Waals surface area contributed by atoms with Gasteiger partial charge in [-0.25, -0.2) is 13.6 Å². The molecule has 0 bridgehead atoms. The predicted molar refractivity (Wildman–Crippen MR) is 49.3 cm³/mol. The predicted octanol–water partition coefficient (Wildman–Crippen LogP) is 3.21. The average Bonchev–Trinajstić information content (AvgIpc) is 2.45. The lowest BCUT2D eigenvalue weighted by atomic mass is 9.93. The first kappa shape index (κ1) is 11.7. The third-order valence-electron chi connectivity index (χ3n) is 1.93. The highest BCUT2D eigenvalue weighted by Crippen LogP contribution is 2.32. The Bertz CT molecular complexity index is 375. The lowest BCUT2D eigenvalue weighted by Crippen LogP contribution is -2.09. The first-order valence-electron chi connectivity index (χ1n) is 4.39. The third-order valence-corrected chi connectivity index (χ3v) is 1.93. The monoisotopic (exact) mass is 218 g/mol. The summed E-state index contributed by atoms with van der Waals surface area (Å²) in [6.07, 6.45) is -2.91. The van der Waals surface area contributed by atoms with Crippen molar-refractivity contribution in [3.05, 3.63) is 23.2 Å². The van der Waals surface area contributed by atoms with Crippen molar-refractivity contribution in [2.45, 2.75) is 32.6 Å². The molecule has 0 saturated carbocycles. The van der Waals surface area contributed by atoms with Crippen LogP contribution in [0.2, 0.25) is 0 Å². The number of rotatable bonds is 2. The number of alkyl halides is 2. The Morgan fingerprint density at radius 3 is 2.27 bits per heavy atom. The fourth-order valence-corrected chi connectivity index (χ4v) is 1.10. The van der Waals surface area contributed by atoms with E-state index in [2.05, 4.69) is 0 Å². The molecule has 5 heteroatoms. The maximum absolute atomic E-state index is 12.4. The van der Waals surface area contributed by atoms with Gasteiger partial charge in [-0.2, -0.15) is 0 Å². The minimum Gasteiger partial charge on any atom is -0.478 e. The standard InChI is InChI=1S/C10H12F2O3/c1-10(2,3)6-4-5(9(13)14)7(15-6)8(11)12/h4,8H,1-3H3,(H,13,14). The highest BCUT2D eigenvalue weighted by molar-refractivity contribution is 5.89. The molecule has 0 fully saturated rings. The molecule has 0 aliphatic rings. The van der Waals surface area contributed by atoms with E-state index in [1.54, 1.807) is 20.8 Å². The molecule has 0 aliphatic heterocycles. The Balaban J connectivity index is 3.28. The molecule has 0 saturated heterocycles. The van der Waals surface area contributed by atoms with E-state index in [9.17, 15) is 13.6 Å². The summed E-state index contributed by atoms with van der Waals surface area (Å²) in [6.45, 7) is 5.27. The van der Waals surface area contributed by atoms with Gasteiger partial charge >= 0.3 is 5.97 Å². The van der Waals surface area contributed by atoms with Gasteiger partial charge < -0.3 is 9.52 Å². The number of hydrogen-bond donors (Lipinski definition) is 1. The molecule has 15 heavy (non-hydrogen) atoms. The molecule has 0 amide bonds. The molecular formula is C10H12F2O3. The quantitative estimate of drug-likeness (QED) is 0.829. The van der Waals surface area contributed by atoms with Crippen molar-refractivity contribution in [2.75, 3.05) is 0 Å². The van der Waals surface area contributed by atoms with Crippen LogP contribution in [0.4, 0.5) is 8.78 Å². The summed E-state index contributed by atoms with van der Waals surface area (Å²) in [5.74, 6) is -1.92. The second kappa shape index (κ2) is 3.64. The second-order valence-corrected chi connectivity index (χ2v) is 4.24. The van der Waals surface area contributed by atoms with E-state index in [4.69, 9.17) is 9.52 Å². The van der Waals surface area contributed by atoms with Crippen molar-refractivity contribution in [3.8, 4) is 0 Å². The number of hydrogen-bond acceptors (Lipinski definition) is 2. The normalized spacial score (nSPS) is 12.1. The van der Waals surface area contributed by atoms with E-state index in [1.807, 2.05) is 0 Å². The molecule has 0 aromatic carbocycles. The topological polar surface area (TPSA) is 50.4 Å². The summed E-state index contributed by atoms with van der Waals surface area (Å²) in [5.41, 5.74) is -0.952. The summed E-state index contributed by atoms with van der Waals surface area (Å²) in [4.78, 5) is 10.7. The molecule has 1 N–H and O–H groups in total. The molecule has 1 aromatic rings. The van der Waals surface area contributed by atoms with Crippen molar-refractivity contribution >= 4 is 5.97 Å². The fraction of sp³-hybridized carbons (Fsp3) is 0.500. The highest BCUT2D eigenvalue weighted by atomic mass is 19.3. The van der Waals surface area contributed by atoms with Crippen molar-refractivity contribution in [3.63, 3.8) is 0 Å². The minimum atomic E-state index is -2.91. The van der Waals surface area contributed by atoms with Gasteiger partial charge in [0.15, 0.2) is 5.76 Å². The molecule has 0 atom stereocenters. The van der Waals surface area contributed by atoms with E-state index in [-0.39, 0.29) is 5.76 Å². The molecule has 84 valence electrons. The molecular weight excluding hydrogens is 206 g/mol. The van der Waals surface area contributed by atoms with Crippen LogP contribution < -0.4 is 0 Å². The molecule has 1 heterocycles. The number of aromatic carboxylic acids is 1. The maximum Gasteiger partial charge on any atom is 0.339 e. The van der Waals surface area contributed by atoms with E-state index in [0.29, 0.717) is 0 Å². The summed E-state index contributed by atoms with van der Waals surface area (Å²) in [6, 6.07) is 1.16. The van der Waals surface area contributed by atoms with Crippen LogP contribution in [0.5, 0.6) is 0 Å². The summed E-state index contributed by atoms with van der Waals surface area (Å²) in [7, 11) is 0. The zero-order valence-electron chi connectivity index (χ0n) is 8.67. The fourth-order valence-electron chi connectivity index (χ4n) is 1.10. The SMILES string of the molecule is CC(C)(C)c1cc(C(=O)O)c(C(F)F)o1. The van der Waals surface area contributed by atoms with Crippen LogP contribution in [-0.4, -0.2) is 11.1 Å². The van der Waals surface area contributed by atoms with Gasteiger partial charge in [0.2, 0.25) is 0 Å². The molecule has 0 unspecified atom stereocenters. The van der Waals surface area contributed by atoms with Crippen molar-refractivity contribution in [2.24, 2.45) is 0 Å². The Morgan fingerprint density at radius 2 is 2.00 bits per heavy atom. The lowest BCUT2D eigenvalue weighted by molar-refractivity contribution is 0.0672. The van der Waals surface area contributed by atoms with Crippen LogP contribution in [-0.2, 0) is 5.41 Å². The maximum atomic E-state index is 12.4. The molecule has 1 aromatic heterocycles. The average molecular weight is 218 g/mol. The third kappa shape index (κ3) is 2.34. The second-order valence-electron chi connectivity index (χ2n) is 4.24. The largest absolute Gasteiger partial charge is 0.478 e. The molecule has 0 spiro atoms. The van der Waals surface area contributed by atoms with Gasteiger partial charge in [-0.05, 0) is 6.07 Å². The van der Waals surface area contributed by atoms with Gasteiger partial charge in [-0.1, -0.05) is 20.8 Å².